The van der Waals surface area contributed by atoms with E-state index >= 15 is 0 Å². The normalized spacial score (nSPS) is 10.5. The largest absolute Gasteiger partial charge is 0.506 e. The summed E-state index contributed by atoms with van der Waals surface area (Å²) in [5, 5.41) is 18.9. The minimum atomic E-state index is -0.496. The third-order valence-electron chi connectivity index (χ3n) is 5.21. The van der Waals surface area contributed by atoms with E-state index in [2.05, 4.69) is 0 Å². The summed E-state index contributed by atoms with van der Waals surface area (Å²) in [4.78, 5) is 40.1. The Morgan fingerprint density at radius 3 is 2.28 bits per heavy atom. The van der Waals surface area contributed by atoms with Gasteiger partial charge in [0.1, 0.15) is 5.75 Å². The van der Waals surface area contributed by atoms with E-state index in [1.807, 2.05) is 19.9 Å². The van der Waals surface area contributed by atoms with E-state index < -0.39 is 5.91 Å². The molecule has 0 heterocycles. The number of phenols is 1. The summed E-state index contributed by atoms with van der Waals surface area (Å²) in [6.45, 7) is 5.25. The van der Waals surface area contributed by atoms with Gasteiger partial charge in [0.25, 0.3) is 5.91 Å². The highest BCUT2D eigenvalue weighted by Crippen LogP contribution is 2.29. The molecule has 0 radical (unpaired) electrons. The summed E-state index contributed by atoms with van der Waals surface area (Å²) >= 11 is 0. The Morgan fingerprint density at radius 2 is 1.62 bits per heavy atom. The molecule has 0 spiro atoms. The molecular formula is C24H31N3O5. The average Bonchev–Trinajstić information content (AvgIpc) is 2.81. The third-order valence-corrected chi connectivity index (χ3v) is 5.21. The Morgan fingerprint density at radius 1 is 0.938 bits per heavy atom. The summed E-state index contributed by atoms with van der Waals surface area (Å²) < 4.78 is 0. The first kappa shape index (κ1) is 24.9. The first-order valence-corrected chi connectivity index (χ1v) is 10.8. The lowest BCUT2D eigenvalue weighted by atomic mass is 10.1. The van der Waals surface area contributed by atoms with Crippen LogP contribution in [-0.2, 0) is 16.1 Å². The van der Waals surface area contributed by atoms with Gasteiger partial charge in [-0.2, -0.15) is 0 Å². The molecule has 0 aromatic heterocycles. The second kappa shape index (κ2) is 12.5. The molecule has 8 nitrogen and oxygen atoms in total. The summed E-state index contributed by atoms with van der Waals surface area (Å²) in [6, 6.07) is 13.7. The monoisotopic (exact) mass is 441 g/mol. The highest BCUT2D eigenvalue weighted by Gasteiger charge is 2.20. The molecule has 2 aromatic rings. The van der Waals surface area contributed by atoms with Crippen LogP contribution < -0.4 is 10.4 Å². The number of aromatic hydroxyl groups is 1. The molecule has 3 amide bonds. The van der Waals surface area contributed by atoms with Gasteiger partial charge in [-0.1, -0.05) is 24.3 Å². The zero-order chi connectivity index (χ0) is 23.5. The number of para-hydroxylation sites is 2. The van der Waals surface area contributed by atoms with Gasteiger partial charge >= 0.3 is 0 Å². The van der Waals surface area contributed by atoms with Crippen molar-refractivity contribution in [2.75, 3.05) is 18.0 Å². The minimum absolute atomic E-state index is 0.0177. The number of carbonyl (C=O) groups excluding carboxylic acids is 3. The number of anilines is 1. The zero-order valence-corrected chi connectivity index (χ0v) is 18.6. The Labute approximate surface area is 188 Å². The molecule has 0 unspecified atom stereocenters. The number of hydroxylamine groups is 1. The standard InChI is InChI=1S/C24H31N3O5/c1-3-26(4-2)24(31)19-11-9-10-18(16-19)17-27(20-12-5-6-13-21(20)28)23(30)15-8-7-14-22(29)25-32/h5-6,9-13,16,28,32H,3-4,7-8,14-15,17H2,1-2H3,(H,25,29). The van der Waals surface area contributed by atoms with Crippen molar-refractivity contribution in [3.05, 3.63) is 59.7 Å². The van der Waals surface area contributed by atoms with Gasteiger partial charge in [0.15, 0.2) is 0 Å². The lowest BCUT2D eigenvalue weighted by Gasteiger charge is -2.24. The van der Waals surface area contributed by atoms with Crippen molar-refractivity contribution < 1.29 is 24.7 Å². The highest BCUT2D eigenvalue weighted by molar-refractivity contribution is 5.96. The van der Waals surface area contributed by atoms with E-state index in [1.54, 1.807) is 46.8 Å². The van der Waals surface area contributed by atoms with Crippen molar-refractivity contribution in [3.63, 3.8) is 0 Å². The molecule has 32 heavy (non-hydrogen) atoms. The first-order chi connectivity index (χ1) is 15.4. The summed E-state index contributed by atoms with van der Waals surface area (Å²) in [5.41, 5.74) is 3.27. The fraction of sp³-hybridized carbons (Fsp3) is 0.375. The fourth-order valence-electron chi connectivity index (χ4n) is 3.43. The molecule has 2 aromatic carbocycles. The van der Waals surface area contributed by atoms with Gasteiger partial charge in [-0.05, 0) is 56.5 Å². The Hall–Kier alpha value is -3.39. The van der Waals surface area contributed by atoms with Crippen molar-refractivity contribution in [2.45, 2.75) is 46.1 Å². The van der Waals surface area contributed by atoms with Crippen molar-refractivity contribution >= 4 is 23.4 Å². The number of nitrogens with one attached hydrogen (secondary N) is 1. The van der Waals surface area contributed by atoms with E-state index in [9.17, 15) is 19.5 Å². The number of phenolic OH excluding ortho intramolecular Hbond substituents is 1. The lowest BCUT2D eigenvalue weighted by Crippen LogP contribution is -2.31. The van der Waals surface area contributed by atoms with E-state index in [0.29, 0.717) is 37.2 Å². The Bertz CT molecular complexity index is 927. The van der Waals surface area contributed by atoms with Crippen molar-refractivity contribution in [3.8, 4) is 5.75 Å². The SMILES string of the molecule is CCN(CC)C(=O)c1cccc(CN(C(=O)CCCCC(=O)NO)c2ccccc2O)c1. The van der Waals surface area contributed by atoms with Crippen LogP contribution in [0.5, 0.6) is 5.75 Å². The quantitative estimate of drug-likeness (QED) is 0.281. The lowest BCUT2D eigenvalue weighted by molar-refractivity contribution is -0.129. The Kier molecular flexibility index (Phi) is 9.69. The number of unbranched alkanes of at least 4 members (excludes halogenated alkanes) is 1. The number of rotatable bonds is 11. The predicted octanol–water partition coefficient (Wildman–Crippen LogP) is 3.47. The van der Waals surface area contributed by atoms with Crippen molar-refractivity contribution in [1.82, 2.24) is 10.4 Å². The van der Waals surface area contributed by atoms with Crippen LogP contribution in [0, 0.1) is 0 Å². The minimum Gasteiger partial charge on any atom is -0.506 e. The van der Waals surface area contributed by atoms with E-state index in [0.717, 1.165) is 5.56 Å². The van der Waals surface area contributed by atoms with Crippen molar-refractivity contribution in [2.24, 2.45) is 0 Å². The van der Waals surface area contributed by atoms with Gasteiger partial charge in [0.2, 0.25) is 11.8 Å². The maximum Gasteiger partial charge on any atom is 0.253 e. The maximum absolute atomic E-state index is 13.0. The zero-order valence-electron chi connectivity index (χ0n) is 18.6. The first-order valence-electron chi connectivity index (χ1n) is 10.8. The number of hydrogen-bond donors (Lipinski definition) is 3. The Balaban J connectivity index is 2.21. The van der Waals surface area contributed by atoms with E-state index in [1.165, 1.54) is 11.0 Å². The van der Waals surface area contributed by atoms with Gasteiger partial charge in [0, 0.05) is 31.5 Å². The van der Waals surface area contributed by atoms with Crippen LogP contribution in [-0.4, -0.2) is 46.0 Å². The summed E-state index contributed by atoms with van der Waals surface area (Å²) in [7, 11) is 0. The van der Waals surface area contributed by atoms with Crippen LogP contribution in [0.4, 0.5) is 5.69 Å². The fourth-order valence-corrected chi connectivity index (χ4v) is 3.43. The molecule has 0 aliphatic heterocycles. The number of benzene rings is 2. The molecule has 0 atom stereocenters. The van der Waals surface area contributed by atoms with Gasteiger partial charge in [-0.15, -0.1) is 0 Å². The average molecular weight is 442 g/mol. The molecular weight excluding hydrogens is 410 g/mol. The van der Waals surface area contributed by atoms with Gasteiger partial charge in [-0.3, -0.25) is 19.6 Å². The molecule has 0 aliphatic carbocycles. The summed E-state index contributed by atoms with van der Waals surface area (Å²) in [5.74, 6) is -0.795. The molecule has 2 rings (SSSR count). The molecule has 0 bridgehead atoms. The van der Waals surface area contributed by atoms with Crippen LogP contribution in [0.25, 0.3) is 0 Å². The molecule has 0 saturated carbocycles. The van der Waals surface area contributed by atoms with Gasteiger partial charge < -0.3 is 14.9 Å². The van der Waals surface area contributed by atoms with Crippen LogP contribution in [0.2, 0.25) is 0 Å². The van der Waals surface area contributed by atoms with Crippen LogP contribution in [0.1, 0.15) is 55.5 Å². The molecule has 0 saturated heterocycles. The highest BCUT2D eigenvalue weighted by atomic mass is 16.5. The number of amides is 3. The topological polar surface area (TPSA) is 110 Å². The van der Waals surface area contributed by atoms with Gasteiger partial charge in [-0.25, -0.2) is 5.48 Å². The number of carbonyl (C=O) groups is 3. The van der Waals surface area contributed by atoms with Crippen LogP contribution >= 0.6 is 0 Å². The molecule has 3 N–H and O–H groups in total. The predicted molar refractivity (Wildman–Crippen MR) is 121 cm³/mol. The van der Waals surface area contributed by atoms with E-state index in [-0.39, 0.29) is 37.0 Å². The second-order valence-corrected chi connectivity index (χ2v) is 7.39. The molecule has 0 fully saturated rings. The van der Waals surface area contributed by atoms with Gasteiger partial charge in [0.05, 0.1) is 12.2 Å². The van der Waals surface area contributed by atoms with Crippen LogP contribution in [0.15, 0.2) is 48.5 Å². The number of hydrogen-bond acceptors (Lipinski definition) is 5. The van der Waals surface area contributed by atoms with Crippen molar-refractivity contribution in [1.29, 1.82) is 0 Å². The van der Waals surface area contributed by atoms with Crippen LogP contribution in [0.3, 0.4) is 0 Å². The smallest absolute Gasteiger partial charge is 0.253 e. The molecule has 172 valence electrons. The third kappa shape index (κ3) is 6.81. The maximum atomic E-state index is 13.0. The van der Waals surface area contributed by atoms with E-state index in [4.69, 9.17) is 5.21 Å². The summed E-state index contributed by atoms with van der Waals surface area (Å²) in [6.07, 6.45) is 1.19. The molecule has 0 aliphatic rings. The second-order valence-electron chi connectivity index (χ2n) is 7.39. The number of nitrogens with zero attached hydrogens (tertiary/aromatic N) is 2. The molecule has 8 heteroatoms.